The van der Waals surface area contributed by atoms with Gasteiger partial charge in [-0.2, -0.15) is 0 Å². The van der Waals surface area contributed by atoms with Crippen LogP contribution in [-0.2, 0) is 61.3 Å². The van der Waals surface area contributed by atoms with Gasteiger partial charge in [0.05, 0.1) is 13.2 Å². The molecule has 0 unspecified atom stereocenters. The highest BCUT2D eigenvalue weighted by Crippen LogP contribution is 2.45. The van der Waals surface area contributed by atoms with Crippen molar-refractivity contribution in [1.82, 2.24) is 0 Å². The number of hydrogen-bond donors (Lipinski definition) is 2. The fourth-order valence-corrected chi connectivity index (χ4v) is 6.31. The maximum Gasteiger partial charge on any atom is 0.319 e. The van der Waals surface area contributed by atoms with Gasteiger partial charge in [-0.05, 0) is 80.0 Å². The minimum atomic E-state index is -2.82. The monoisotopic (exact) mass is 574 g/mol. The normalized spacial score (nSPS) is 13.4. The van der Waals surface area contributed by atoms with E-state index in [0.717, 1.165) is 57.3 Å². The van der Waals surface area contributed by atoms with E-state index in [1.165, 1.54) is 0 Å². The Bertz CT molecular complexity index is 1140. The lowest BCUT2D eigenvalue weighted by Crippen LogP contribution is -2.21. The van der Waals surface area contributed by atoms with E-state index in [-0.39, 0.29) is 34.9 Å². The highest BCUT2D eigenvalue weighted by atomic mass is 31.1. The molecule has 0 aliphatic rings. The highest BCUT2D eigenvalue weighted by Gasteiger charge is 2.31. The Balaban J connectivity index is 2.43. The average molecular weight is 575 g/mol. The maximum atomic E-state index is 13.1. The van der Waals surface area contributed by atoms with Crippen LogP contribution in [0.1, 0.15) is 141 Å². The molecule has 5 nitrogen and oxygen atoms in total. The van der Waals surface area contributed by atoms with E-state index < -0.39 is 8.25 Å². The largest absolute Gasteiger partial charge is 0.507 e. The molecule has 2 rings (SSSR count). The molecule has 0 aliphatic heterocycles. The van der Waals surface area contributed by atoms with Gasteiger partial charge in [-0.3, -0.25) is 4.57 Å². The van der Waals surface area contributed by atoms with Gasteiger partial charge in [0.2, 0.25) is 0 Å². The topological polar surface area (TPSA) is 76.0 Å². The fraction of sp³-hybridized carbons (Fsp3) is 0.647. The van der Waals surface area contributed by atoms with Gasteiger partial charge in [0, 0.05) is 11.1 Å². The second-order valence-corrected chi connectivity index (χ2v) is 16.2. The Labute approximate surface area is 244 Å². The molecule has 0 radical (unpaired) electrons. The lowest BCUT2D eigenvalue weighted by atomic mass is 9.75. The first kappa shape index (κ1) is 34.4. The van der Waals surface area contributed by atoms with Crippen molar-refractivity contribution in [2.24, 2.45) is 0 Å². The van der Waals surface area contributed by atoms with Gasteiger partial charge in [-0.15, -0.1) is 0 Å². The molecule has 0 saturated carbocycles. The first-order valence-electron chi connectivity index (χ1n) is 14.6. The average Bonchev–Trinajstić information content (AvgIpc) is 2.78. The van der Waals surface area contributed by atoms with Crippen molar-refractivity contribution in [2.45, 2.75) is 145 Å². The van der Waals surface area contributed by atoms with Crippen LogP contribution in [0.2, 0.25) is 0 Å². The van der Waals surface area contributed by atoms with Crippen LogP contribution in [0.15, 0.2) is 12.1 Å². The molecule has 0 amide bonds. The third kappa shape index (κ3) is 7.72. The summed E-state index contributed by atoms with van der Waals surface area (Å²) in [5, 5.41) is 22.5. The lowest BCUT2D eigenvalue weighted by molar-refractivity contribution is 0.211. The van der Waals surface area contributed by atoms with Crippen molar-refractivity contribution in [3.05, 3.63) is 56.6 Å². The molecule has 2 aromatic rings. The summed E-state index contributed by atoms with van der Waals surface area (Å²) in [5.74, 6) is 0.682. The van der Waals surface area contributed by atoms with Crippen molar-refractivity contribution >= 4 is 8.25 Å². The van der Waals surface area contributed by atoms with Crippen LogP contribution in [0.4, 0.5) is 0 Å². The molecule has 2 N–H and O–H groups in total. The van der Waals surface area contributed by atoms with Crippen molar-refractivity contribution < 1.29 is 23.8 Å². The lowest BCUT2D eigenvalue weighted by Gasteiger charge is -2.31. The quantitative estimate of drug-likeness (QED) is 0.307. The van der Waals surface area contributed by atoms with E-state index in [2.05, 4.69) is 96.9 Å². The Morgan fingerprint density at radius 2 is 0.900 bits per heavy atom. The van der Waals surface area contributed by atoms with Gasteiger partial charge >= 0.3 is 8.25 Å². The second kappa shape index (κ2) is 12.2. The number of phenols is 2. The smallest absolute Gasteiger partial charge is 0.319 e. The van der Waals surface area contributed by atoms with Gasteiger partial charge in [-0.25, -0.2) is 0 Å². The summed E-state index contributed by atoms with van der Waals surface area (Å²) in [6, 6.07) is 4.00. The van der Waals surface area contributed by atoms with Crippen LogP contribution in [0.3, 0.4) is 0 Å². The van der Waals surface area contributed by atoms with Crippen molar-refractivity contribution in [3.8, 4) is 11.5 Å². The van der Waals surface area contributed by atoms with Crippen LogP contribution in [0.5, 0.6) is 11.5 Å². The number of rotatable bonds is 8. The summed E-state index contributed by atoms with van der Waals surface area (Å²) in [5.41, 5.74) is 6.41. The summed E-state index contributed by atoms with van der Waals surface area (Å²) >= 11 is 0. The Morgan fingerprint density at radius 1 is 0.600 bits per heavy atom. The Morgan fingerprint density at radius 3 is 1.12 bits per heavy atom. The summed E-state index contributed by atoms with van der Waals surface area (Å²) in [6.07, 6.45) is 1.45. The van der Waals surface area contributed by atoms with Crippen LogP contribution in [0, 0.1) is 0 Å². The van der Waals surface area contributed by atoms with Gasteiger partial charge in [0.25, 0.3) is 0 Å². The fourth-order valence-electron chi connectivity index (χ4n) is 5.68. The molecule has 0 spiro atoms. The summed E-state index contributed by atoms with van der Waals surface area (Å²) < 4.78 is 24.8. The van der Waals surface area contributed by atoms with E-state index in [0.29, 0.717) is 11.5 Å². The summed E-state index contributed by atoms with van der Waals surface area (Å²) in [6.45, 7) is 29.5. The summed E-state index contributed by atoms with van der Waals surface area (Å²) in [7, 11) is -2.82. The zero-order chi connectivity index (χ0) is 31.0. The number of hydrogen-bond acceptors (Lipinski definition) is 5. The molecular formula is C34H55O5P. The van der Waals surface area contributed by atoms with Crippen LogP contribution in [0.25, 0.3) is 0 Å². The first-order chi connectivity index (χ1) is 18.1. The zero-order valence-corrected chi connectivity index (χ0v) is 28.6. The molecule has 0 bridgehead atoms. The predicted octanol–water partition coefficient (Wildman–Crippen LogP) is 9.54. The molecule has 6 heteroatoms. The molecule has 226 valence electrons. The first-order valence-corrected chi connectivity index (χ1v) is 15.8. The van der Waals surface area contributed by atoms with E-state index in [4.69, 9.17) is 9.05 Å². The summed E-state index contributed by atoms with van der Waals surface area (Å²) in [4.78, 5) is 0. The number of phenolic OH excluding ortho intramolecular Hbond substituents is 2. The third-order valence-corrected chi connectivity index (χ3v) is 8.27. The van der Waals surface area contributed by atoms with E-state index in [1.54, 1.807) is 0 Å². The van der Waals surface area contributed by atoms with E-state index >= 15 is 0 Å². The van der Waals surface area contributed by atoms with Crippen molar-refractivity contribution in [2.75, 3.05) is 0 Å². The van der Waals surface area contributed by atoms with Crippen LogP contribution >= 0.6 is 8.25 Å². The van der Waals surface area contributed by atoms with Gasteiger partial charge in [0.15, 0.2) is 0 Å². The molecular weight excluding hydrogens is 519 g/mol. The number of aromatic hydroxyl groups is 2. The Hall–Kier alpha value is -1.81. The molecule has 0 aliphatic carbocycles. The predicted molar refractivity (Wildman–Crippen MR) is 168 cm³/mol. The van der Waals surface area contributed by atoms with Gasteiger partial charge in [-0.1, -0.05) is 96.9 Å². The molecule has 0 saturated heterocycles. The van der Waals surface area contributed by atoms with E-state index in [1.807, 2.05) is 12.1 Å². The van der Waals surface area contributed by atoms with Gasteiger partial charge < -0.3 is 19.3 Å². The van der Waals surface area contributed by atoms with Crippen LogP contribution < -0.4 is 0 Å². The van der Waals surface area contributed by atoms with Crippen LogP contribution in [-0.4, -0.2) is 10.2 Å². The molecule has 0 fully saturated rings. The Kier molecular flexibility index (Phi) is 10.5. The van der Waals surface area contributed by atoms with Crippen molar-refractivity contribution in [1.29, 1.82) is 0 Å². The van der Waals surface area contributed by atoms with Crippen molar-refractivity contribution in [3.63, 3.8) is 0 Å². The molecule has 0 atom stereocenters. The molecule has 0 aromatic heterocycles. The second-order valence-electron chi connectivity index (χ2n) is 15.1. The SMILES string of the molecule is CCc1c(CO[PH](=O)OCc2cc(C(C)(C)C)c(O)c(C(C)(C)C)c2CC)cc(C(C)(C)C)c(O)c1C(C)(C)C. The van der Waals surface area contributed by atoms with Gasteiger partial charge in [0.1, 0.15) is 11.5 Å². The zero-order valence-electron chi connectivity index (χ0n) is 27.6. The highest BCUT2D eigenvalue weighted by molar-refractivity contribution is 7.33. The third-order valence-electron chi connectivity index (χ3n) is 7.51. The number of benzene rings is 2. The molecule has 2 aromatic carbocycles. The molecule has 40 heavy (non-hydrogen) atoms. The molecule has 0 heterocycles. The standard InChI is InChI=1S/C34H55O5P/c1-15-23-21(17-25(31(3,4)5)29(35)27(23)33(9,10)11)19-38-40(37)39-20-22-18-26(32(6,7)8)30(36)28(24(22)16-2)34(12,13)14/h17-18,35-36,40H,15-16,19-20H2,1-14H3. The minimum Gasteiger partial charge on any atom is -0.507 e. The van der Waals surface area contributed by atoms with E-state index in [9.17, 15) is 14.8 Å². The minimum absolute atomic E-state index is 0.143. The maximum absolute atomic E-state index is 13.1.